The van der Waals surface area contributed by atoms with Gasteiger partial charge in [-0.3, -0.25) is 4.79 Å². The Labute approximate surface area is 159 Å². The molecule has 1 unspecified atom stereocenters. The van der Waals surface area contributed by atoms with E-state index in [-0.39, 0.29) is 11.5 Å². The van der Waals surface area contributed by atoms with E-state index >= 15 is 0 Å². The van der Waals surface area contributed by atoms with E-state index in [0.717, 1.165) is 0 Å². The maximum atomic E-state index is 12.8. The molecule has 1 aliphatic carbocycles. The molecule has 2 atom stereocenters. The second-order valence-corrected chi connectivity index (χ2v) is 7.33. The van der Waals surface area contributed by atoms with Crippen LogP contribution in [0, 0.1) is 0 Å². The summed E-state index contributed by atoms with van der Waals surface area (Å²) in [5.41, 5.74) is 0.410. The van der Waals surface area contributed by atoms with Crippen molar-refractivity contribution in [3.05, 3.63) is 10.7 Å². The van der Waals surface area contributed by atoms with Crippen molar-refractivity contribution in [1.82, 2.24) is 4.90 Å². The third kappa shape index (κ3) is 3.14. The van der Waals surface area contributed by atoms with Crippen LogP contribution in [-0.4, -0.2) is 77.5 Å². The average molecular weight is 480 g/mol. The fourth-order valence-corrected chi connectivity index (χ4v) is 4.38. The van der Waals surface area contributed by atoms with Gasteiger partial charge in [0, 0.05) is 38.2 Å². The molecule has 0 spiro atoms. The zero-order valence-electron chi connectivity index (χ0n) is 13.0. The number of carbonyl (C=O) groups excluding carboxylic acids is 1. The van der Waals surface area contributed by atoms with E-state index in [4.69, 9.17) is 37.4 Å². The molecule has 1 fully saturated rings. The first-order chi connectivity index (χ1) is 10.9. The molecule has 2 aliphatic rings. The number of Topliss-reactive ketones (excluding diaryl/α,β-unsaturated/α-hetero) is 1. The largest absolute Gasteiger partial charge is 0.392 e. The normalized spacial score (nSPS) is 29.3. The number of ketones is 1. The summed E-state index contributed by atoms with van der Waals surface area (Å²) in [6, 6.07) is 0. The zero-order chi connectivity index (χ0) is 17.3. The molecule has 6 nitrogen and oxygen atoms in total. The van der Waals surface area contributed by atoms with Crippen LogP contribution in [-0.2, 0) is 19.0 Å². The smallest absolute Gasteiger partial charge is 0.238 e. The summed E-state index contributed by atoms with van der Waals surface area (Å²) in [5, 5.41) is 10.0. The van der Waals surface area contributed by atoms with Gasteiger partial charge in [-0.2, -0.15) is 0 Å². The van der Waals surface area contributed by atoms with Gasteiger partial charge >= 0.3 is 0 Å². The van der Waals surface area contributed by atoms with E-state index in [0.29, 0.717) is 36.4 Å². The standard InChI is InChI=1S/C14H20Cl2INO5/c1-21-14(22-2)11(18-3-5-23-6-4-18)10(15)12(20)13(14,16)7-9(19)8-17/h9,19H,3-8H2,1-2H3/t9-,13?/m0/s1. The van der Waals surface area contributed by atoms with Crippen LogP contribution in [0.2, 0.25) is 0 Å². The van der Waals surface area contributed by atoms with E-state index in [9.17, 15) is 9.90 Å². The van der Waals surface area contributed by atoms with Crippen LogP contribution in [0.3, 0.4) is 0 Å². The maximum Gasteiger partial charge on any atom is 0.238 e. The Balaban J connectivity index is 2.49. The number of aliphatic hydroxyl groups is 1. The van der Waals surface area contributed by atoms with Gasteiger partial charge in [0.2, 0.25) is 11.6 Å². The number of morpholine rings is 1. The van der Waals surface area contributed by atoms with Gasteiger partial charge in [0.25, 0.3) is 0 Å². The number of halogens is 3. The first-order valence-corrected chi connectivity index (χ1v) is 9.47. The maximum absolute atomic E-state index is 12.8. The van der Waals surface area contributed by atoms with Crippen molar-refractivity contribution < 1.29 is 24.1 Å². The van der Waals surface area contributed by atoms with Gasteiger partial charge < -0.3 is 24.2 Å². The molecule has 23 heavy (non-hydrogen) atoms. The molecule has 0 aromatic carbocycles. The predicted molar refractivity (Wildman–Crippen MR) is 95.1 cm³/mol. The first kappa shape index (κ1) is 19.7. The summed E-state index contributed by atoms with van der Waals surface area (Å²) in [4.78, 5) is 13.1. The average Bonchev–Trinajstić information content (AvgIpc) is 2.73. The van der Waals surface area contributed by atoms with Crippen molar-refractivity contribution in [2.45, 2.75) is 23.2 Å². The molecule has 0 bridgehead atoms. The van der Waals surface area contributed by atoms with E-state index in [1.54, 1.807) is 0 Å². The van der Waals surface area contributed by atoms with Crippen LogP contribution in [0.5, 0.6) is 0 Å². The highest BCUT2D eigenvalue weighted by Gasteiger charge is 2.67. The minimum absolute atomic E-state index is 0.00809. The molecule has 2 rings (SSSR count). The molecule has 0 aromatic heterocycles. The van der Waals surface area contributed by atoms with Crippen LogP contribution in [0.4, 0.5) is 0 Å². The molecule has 0 radical (unpaired) electrons. The number of nitrogens with zero attached hydrogens (tertiary/aromatic N) is 1. The van der Waals surface area contributed by atoms with Crippen molar-refractivity contribution in [1.29, 1.82) is 0 Å². The van der Waals surface area contributed by atoms with Crippen LogP contribution in [0.15, 0.2) is 10.7 Å². The summed E-state index contributed by atoms with van der Waals surface area (Å²) >= 11 is 15.0. The predicted octanol–water partition coefficient (Wildman–Crippen LogP) is 1.50. The van der Waals surface area contributed by atoms with Crippen molar-refractivity contribution in [2.24, 2.45) is 0 Å². The number of allylic oxidation sites excluding steroid dienone is 1. The van der Waals surface area contributed by atoms with E-state index in [1.807, 2.05) is 27.5 Å². The highest BCUT2D eigenvalue weighted by Crippen LogP contribution is 2.52. The Morgan fingerprint density at radius 3 is 2.43 bits per heavy atom. The highest BCUT2D eigenvalue weighted by atomic mass is 127. The van der Waals surface area contributed by atoms with Gasteiger partial charge in [-0.1, -0.05) is 34.2 Å². The monoisotopic (exact) mass is 479 g/mol. The molecule has 1 N–H and O–H groups in total. The van der Waals surface area contributed by atoms with Gasteiger partial charge in [0.05, 0.1) is 25.0 Å². The zero-order valence-corrected chi connectivity index (χ0v) is 16.7. The van der Waals surface area contributed by atoms with Crippen LogP contribution >= 0.6 is 45.8 Å². The van der Waals surface area contributed by atoms with E-state index in [1.165, 1.54) is 14.2 Å². The van der Waals surface area contributed by atoms with Crippen LogP contribution < -0.4 is 0 Å². The molecule has 9 heteroatoms. The number of carbonyl (C=O) groups is 1. The summed E-state index contributed by atoms with van der Waals surface area (Å²) in [6.07, 6.45) is -0.808. The number of rotatable bonds is 6. The van der Waals surface area contributed by atoms with Crippen molar-refractivity contribution in [3.8, 4) is 0 Å². The lowest BCUT2D eigenvalue weighted by atomic mass is 9.91. The highest BCUT2D eigenvalue weighted by molar-refractivity contribution is 14.1. The van der Waals surface area contributed by atoms with Crippen LogP contribution in [0.1, 0.15) is 6.42 Å². The molecule has 132 valence electrons. The Morgan fingerprint density at radius 1 is 1.39 bits per heavy atom. The van der Waals surface area contributed by atoms with Crippen molar-refractivity contribution in [2.75, 3.05) is 45.0 Å². The number of methoxy groups -OCH3 is 2. The fraction of sp³-hybridized carbons (Fsp3) is 0.786. The third-order valence-corrected chi connectivity index (χ3v) is 6.14. The third-order valence-electron chi connectivity index (χ3n) is 4.20. The van der Waals surface area contributed by atoms with Gasteiger partial charge in [-0.05, 0) is 0 Å². The molecular weight excluding hydrogens is 460 g/mol. The van der Waals surface area contributed by atoms with Gasteiger partial charge in [-0.25, -0.2) is 0 Å². The van der Waals surface area contributed by atoms with Crippen molar-refractivity contribution >= 4 is 51.6 Å². The Hall–Kier alpha value is 0.360. The van der Waals surface area contributed by atoms with E-state index < -0.39 is 22.5 Å². The quantitative estimate of drug-likeness (QED) is 0.354. The Morgan fingerprint density at radius 2 is 1.96 bits per heavy atom. The number of hydrogen-bond acceptors (Lipinski definition) is 6. The molecular formula is C14H20Cl2INO5. The minimum Gasteiger partial charge on any atom is -0.392 e. The molecule has 1 heterocycles. The summed E-state index contributed by atoms with van der Waals surface area (Å²) in [6.45, 7) is 2.12. The molecule has 0 saturated carbocycles. The minimum atomic E-state index is -1.62. The lowest BCUT2D eigenvalue weighted by Crippen LogP contribution is -2.59. The lowest BCUT2D eigenvalue weighted by molar-refractivity contribution is -0.211. The number of alkyl halides is 2. The number of ether oxygens (including phenoxy) is 3. The first-order valence-electron chi connectivity index (χ1n) is 7.19. The van der Waals surface area contributed by atoms with E-state index in [2.05, 4.69) is 0 Å². The van der Waals surface area contributed by atoms with Gasteiger partial charge in [0.15, 0.2) is 4.87 Å². The second kappa shape index (κ2) is 7.72. The van der Waals surface area contributed by atoms with Crippen molar-refractivity contribution in [3.63, 3.8) is 0 Å². The molecule has 0 amide bonds. The van der Waals surface area contributed by atoms with Gasteiger partial charge in [0.1, 0.15) is 5.03 Å². The summed E-state index contributed by atoms with van der Waals surface area (Å²) in [7, 11) is 2.83. The summed E-state index contributed by atoms with van der Waals surface area (Å²) in [5.74, 6) is -2.04. The lowest BCUT2D eigenvalue weighted by Gasteiger charge is -2.44. The molecule has 1 aliphatic heterocycles. The molecule has 1 saturated heterocycles. The molecule has 0 aromatic rings. The number of aliphatic hydroxyl groups excluding tert-OH is 1. The second-order valence-electron chi connectivity index (χ2n) is 5.43. The Kier molecular flexibility index (Phi) is 6.60. The van der Waals surface area contributed by atoms with Crippen LogP contribution in [0.25, 0.3) is 0 Å². The topological polar surface area (TPSA) is 68.2 Å². The Bertz CT molecular complexity index is 494. The SMILES string of the molecule is COC1(OC)C(N2CCOCC2)=C(Cl)C(=O)C1(Cl)C[C@H](O)CI. The number of hydrogen-bond donors (Lipinski definition) is 1. The van der Waals surface area contributed by atoms with Gasteiger partial charge in [-0.15, -0.1) is 11.6 Å². The summed E-state index contributed by atoms with van der Waals surface area (Å²) < 4.78 is 17.0. The fourth-order valence-electron chi connectivity index (χ4n) is 3.10.